The van der Waals surface area contributed by atoms with Crippen LogP contribution in [0.2, 0.25) is 0 Å². The minimum Gasteiger partial charge on any atom is -0.459 e. The van der Waals surface area contributed by atoms with E-state index in [4.69, 9.17) is 9.47 Å². The van der Waals surface area contributed by atoms with Crippen LogP contribution < -0.4 is 0 Å². The maximum Gasteiger partial charge on any atom is 0.417 e. The van der Waals surface area contributed by atoms with Crippen LogP contribution in [0.25, 0.3) is 0 Å². The van der Waals surface area contributed by atoms with E-state index in [0.29, 0.717) is 6.61 Å². The molecule has 20 heavy (non-hydrogen) atoms. The molecule has 1 saturated heterocycles. The van der Waals surface area contributed by atoms with Gasteiger partial charge in [0.05, 0.1) is 17.2 Å². The summed E-state index contributed by atoms with van der Waals surface area (Å²) in [5.41, 5.74) is -1.50. The number of esters is 1. The first-order valence-electron chi connectivity index (χ1n) is 6.03. The third-order valence-corrected chi connectivity index (χ3v) is 3.42. The topological polar surface area (TPSA) is 35.5 Å². The number of benzene rings is 1. The highest BCUT2D eigenvalue weighted by Crippen LogP contribution is 2.34. The molecule has 1 aromatic rings. The second-order valence-electron chi connectivity index (χ2n) is 4.42. The van der Waals surface area contributed by atoms with E-state index in [0.717, 1.165) is 25.0 Å². The van der Waals surface area contributed by atoms with Gasteiger partial charge in [0.1, 0.15) is 6.61 Å². The monoisotopic (exact) mass is 352 g/mol. The van der Waals surface area contributed by atoms with Crippen molar-refractivity contribution in [3.05, 3.63) is 33.8 Å². The number of carbonyl (C=O) groups is 1. The minimum atomic E-state index is -4.61. The van der Waals surface area contributed by atoms with E-state index in [9.17, 15) is 18.0 Å². The van der Waals surface area contributed by atoms with Crippen LogP contribution in [0.1, 0.15) is 28.8 Å². The van der Waals surface area contributed by atoms with Gasteiger partial charge in [-0.3, -0.25) is 0 Å². The molecule has 0 aromatic heterocycles. The average molecular weight is 353 g/mol. The molecule has 0 spiro atoms. The van der Waals surface area contributed by atoms with E-state index in [1.54, 1.807) is 0 Å². The molecule has 2 rings (SSSR count). The molecule has 0 aliphatic carbocycles. The first-order chi connectivity index (χ1) is 9.38. The summed E-state index contributed by atoms with van der Waals surface area (Å²) in [5, 5.41) is 0. The molecule has 1 atom stereocenters. The third kappa shape index (κ3) is 3.73. The van der Waals surface area contributed by atoms with Gasteiger partial charge in [-0.1, -0.05) is 15.9 Å². The molecule has 1 heterocycles. The minimum absolute atomic E-state index is 0.0216. The van der Waals surface area contributed by atoms with Crippen molar-refractivity contribution in [3.8, 4) is 0 Å². The Morgan fingerprint density at radius 1 is 1.45 bits per heavy atom. The molecule has 1 fully saturated rings. The van der Waals surface area contributed by atoms with Gasteiger partial charge in [0.25, 0.3) is 0 Å². The van der Waals surface area contributed by atoms with Crippen molar-refractivity contribution >= 4 is 21.9 Å². The Morgan fingerprint density at radius 2 is 2.20 bits per heavy atom. The third-order valence-electron chi connectivity index (χ3n) is 2.93. The number of rotatable bonds is 3. The number of ether oxygens (including phenoxy) is 2. The first-order valence-corrected chi connectivity index (χ1v) is 6.82. The lowest BCUT2D eigenvalue weighted by Gasteiger charge is -2.14. The van der Waals surface area contributed by atoms with Gasteiger partial charge in [0.15, 0.2) is 0 Å². The van der Waals surface area contributed by atoms with Gasteiger partial charge in [-0.15, -0.1) is 0 Å². The number of carbonyl (C=O) groups excluding carboxylic acids is 1. The first kappa shape index (κ1) is 15.3. The quantitative estimate of drug-likeness (QED) is 0.776. The fraction of sp³-hybridized carbons (Fsp3) is 0.462. The molecule has 0 unspecified atom stereocenters. The lowest BCUT2D eigenvalue weighted by Crippen LogP contribution is -2.20. The van der Waals surface area contributed by atoms with E-state index in [-0.39, 0.29) is 17.2 Å². The van der Waals surface area contributed by atoms with Gasteiger partial charge in [-0.05, 0) is 31.0 Å². The van der Waals surface area contributed by atoms with Crippen LogP contribution in [0.4, 0.5) is 13.2 Å². The average Bonchev–Trinajstić information content (AvgIpc) is 2.88. The highest BCUT2D eigenvalue weighted by atomic mass is 79.9. The Morgan fingerprint density at radius 3 is 2.80 bits per heavy atom. The number of halogens is 4. The molecule has 0 N–H and O–H groups in total. The van der Waals surface area contributed by atoms with E-state index in [1.165, 1.54) is 6.07 Å². The zero-order valence-electron chi connectivity index (χ0n) is 10.4. The molecule has 3 nitrogen and oxygen atoms in total. The Labute approximate surface area is 122 Å². The summed E-state index contributed by atoms with van der Waals surface area (Å²) >= 11 is 2.96. The van der Waals surface area contributed by atoms with Crippen molar-refractivity contribution in [2.45, 2.75) is 25.1 Å². The Bertz CT molecular complexity index is 496. The maximum absolute atomic E-state index is 12.9. The molecule has 0 saturated carbocycles. The largest absolute Gasteiger partial charge is 0.459 e. The second kappa shape index (κ2) is 6.13. The predicted octanol–water partition coefficient (Wildman–Crippen LogP) is 3.80. The maximum atomic E-state index is 12.9. The Kier molecular flexibility index (Phi) is 4.70. The van der Waals surface area contributed by atoms with Crippen molar-refractivity contribution in [2.75, 3.05) is 13.2 Å². The van der Waals surface area contributed by atoms with E-state index >= 15 is 0 Å². The van der Waals surface area contributed by atoms with Crippen molar-refractivity contribution < 1.29 is 27.4 Å². The zero-order chi connectivity index (χ0) is 14.8. The summed E-state index contributed by atoms with van der Waals surface area (Å²) < 4.78 is 49.0. The molecule has 1 aliphatic rings. The highest BCUT2D eigenvalue weighted by Gasteiger charge is 2.36. The van der Waals surface area contributed by atoms with E-state index in [1.807, 2.05) is 0 Å². The number of hydrogen-bond donors (Lipinski definition) is 0. The number of alkyl halides is 3. The van der Waals surface area contributed by atoms with E-state index < -0.39 is 23.3 Å². The van der Waals surface area contributed by atoms with Gasteiger partial charge in [-0.2, -0.15) is 13.2 Å². The SMILES string of the molecule is O=C(OC[C@@H]1CCCO1)c1ccc(Br)cc1C(F)(F)F. The van der Waals surface area contributed by atoms with Crippen molar-refractivity contribution in [2.24, 2.45) is 0 Å². The molecule has 7 heteroatoms. The van der Waals surface area contributed by atoms with Crippen LogP contribution in [0.3, 0.4) is 0 Å². The molecule has 0 radical (unpaired) electrons. The van der Waals surface area contributed by atoms with Crippen LogP contribution in [0.5, 0.6) is 0 Å². The molecule has 0 bridgehead atoms. The second-order valence-corrected chi connectivity index (χ2v) is 5.34. The van der Waals surface area contributed by atoms with Crippen molar-refractivity contribution in [1.82, 2.24) is 0 Å². The summed E-state index contributed by atoms with van der Waals surface area (Å²) in [6.07, 6.45) is -3.21. The fourth-order valence-corrected chi connectivity index (χ4v) is 2.31. The Balaban J connectivity index is 2.12. The summed E-state index contributed by atoms with van der Waals surface area (Å²) in [7, 11) is 0. The van der Waals surface area contributed by atoms with Crippen LogP contribution in [-0.4, -0.2) is 25.3 Å². The van der Waals surface area contributed by atoms with Gasteiger partial charge in [-0.25, -0.2) is 4.79 Å². The predicted molar refractivity (Wildman–Crippen MR) is 68.4 cm³/mol. The fourth-order valence-electron chi connectivity index (χ4n) is 1.95. The summed E-state index contributed by atoms with van der Waals surface area (Å²) in [6.45, 7) is 0.570. The van der Waals surface area contributed by atoms with Gasteiger partial charge < -0.3 is 9.47 Å². The molecule has 1 aromatic carbocycles. The van der Waals surface area contributed by atoms with Crippen LogP contribution in [-0.2, 0) is 15.7 Å². The molecule has 110 valence electrons. The van der Waals surface area contributed by atoms with Gasteiger partial charge in [0.2, 0.25) is 0 Å². The van der Waals surface area contributed by atoms with Gasteiger partial charge >= 0.3 is 12.1 Å². The molecular formula is C13H12BrF3O3. The van der Waals surface area contributed by atoms with Crippen LogP contribution >= 0.6 is 15.9 Å². The lowest BCUT2D eigenvalue weighted by molar-refractivity contribution is -0.138. The zero-order valence-corrected chi connectivity index (χ0v) is 12.0. The van der Waals surface area contributed by atoms with Crippen LogP contribution in [0.15, 0.2) is 22.7 Å². The number of hydrogen-bond acceptors (Lipinski definition) is 3. The smallest absolute Gasteiger partial charge is 0.417 e. The standard InChI is InChI=1S/C13H12BrF3O3/c14-8-3-4-10(11(6-8)13(15,16)17)12(18)20-7-9-2-1-5-19-9/h3-4,6,9H,1-2,5,7H2/t9-/m0/s1. The Hall–Kier alpha value is -1.08. The van der Waals surface area contributed by atoms with Gasteiger partial charge in [0, 0.05) is 11.1 Å². The molecule has 0 amide bonds. The molecule has 1 aliphatic heterocycles. The lowest BCUT2D eigenvalue weighted by atomic mass is 10.1. The van der Waals surface area contributed by atoms with Crippen LogP contribution in [0, 0.1) is 0 Å². The molecular weight excluding hydrogens is 341 g/mol. The van der Waals surface area contributed by atoms with Crippen molar-refractivity contribution in [3.63, 3.8) is 0 Å². The highest BCUT2D eigenvalue weighted by molar-refractivity contribution is 9.10. The summed E-state index contributed by atoms with van der Waals surface area (Å²) in [6, 6.07) is 3.34. The summed E-state index contributed by atoms with van der Waals surface area (Å²) in [4.78, 5) is 11.8. The van der Waals surface area contributed by atoms with Crippen molar-refractivity contribution in [1.29, 1.82) is 0 Å². The van der Waals surface area contributed by atoms with E-state index in [2.05, 4.69) is 15.9 Å². The normalized spacial score (nSPS) is 19.1. The summed E-state index contributed by atoms with van der Waals surface area (Å²) in [5.74, 6) is -0.986.